The average molecular weight is 414 g/mol. The Balaban J connectivity index is 1.98. The number of carbonyl (C=O) groups is 2. The van der Waals surface area contributed by atoms with Gasteiger partial charge < -0.3 is 14.2 Å². The highest BCUT2D eigenvalue weighted by Crippen LogP contribution is 2.37. The highest BCUT2D eigenvalue weighted by molar-refractivity contribution is 6.32. The Kier molecular flexibility index (Phi) is 6.03. The highest BCUT2D eigenvalue weighted by atomic mass is 35.5. The molecule has 0 saturated heterocycles. The van der Waals surface area contributed by atoms with Gasteiger partial charge in [0.15, 0.2) is 17.2 Å². The molecule has 150 valence electrons. The molecule has 1 aliphatic heterocycles. The number of hydrogen-bond donors (Lipinski definition) is 0. The molecule has 0 N–H and O–H groups in total. The molecule has 0 aliphatic carbocycles. The normalized spacial score (nSPS) is 14.6. The molecule has 0 bridgehead atoms. The van der Waals surface area contributed by atoms with Crippen molar-refractivity contribution in [3.8, 4) is 11.5 Å². The number of hydrogen-bond acceptors (Lipinski definition) is 6. The summed E-state index contributed by atoms with van der Waals surface area (Å²) in [6.45, 7) is 7.41. The summed E-state index contributed by atoms with van der Waals surface area (Å²) >= 11 is 6.25. The predicted octanol–water partition coefficient (Wildman–Crippen LogP) is 4.63. The number of esters is 2. The SMILES string of the molecule is CCOc1cc(/C=C2\N=C(c3ccc(C)c(C)c3)OC2=O)cc(Cl)c1OC(C)=O. The molecular weight excluding hydrogens is 394 g/mol. The van der Waals surface area contributed by atoms with Gasteiger partial charge in [-0.15, -0.1) is 0 Å². The first-order chi connectivity index (χ1) is 13.8. The van der Waals surface area contributed by atoms with Gasteiger partial charge in [0.1, 0.15) is 0 Å². The van der Waals surface area contributed by atoms with Gasteiger partial charge in [0.05, 0.1) is 11.6 Å². The van der Waals surface area contributed by atoms with Crippen LogP contribution in [-0.4, -0.2) is 24.4 Å². The van der Waals surface area contributed by atoms with E-state index < -0.39 is 11.9 Å². The summed E-state index contributed by atoms with van der Waals surface area (Å²) in [5.74, 6) is -0.391. The van der Waals surface area contributed by atoms with E-state index in [-0.39, 0.29) is 22.4 Å². The van der Waals surface area contributed by atoms with Crippen molar-refractivity contribution in [3.63, 3.8) is 0 Å². The van der Waals surface area contributed by atoms with Gasteiger partial charge in [0, 0.05) is 12.5 Å². The molecule has 1 heterocycles. The van der Waals surface area contributed by atoms with Gasteiger partial charge in [-0.2, -0.15) is 0 Å². The molecule has 0 radical (unpaired) electrons. The summed E-state index contributed by atoms with van der Waals surface area (Å²) in [4.78, 5) is 27.9. The maximum Gasteiger partial charge on any atom is 0.363 e. The number of cyclic esters (lactones) is 1. The van der Waals surface area contributed by atoms with Crippen molar-refractivity contribution < 1.29 is 23.8 Å². The van der Waals surface area contributed by atoms with Crippen LogP contribution in [-0.2, 0) is 14.3 Å². The van der Waals surface area contributed by atoms with Crippen LogP contribution in [0.3, 0.4) is 0 Å². The van der Waals surface area contributed by atoms with Crippen LogP contribution in [0, 0.1) is 13.8 Å². The van der Waals surface area contributed by atoms with Crippen molar-refractivity contribution in [1.29, 1.82) is 0 Å². The summed E-state index contributed by atoms with van der Waals surface area (Å²) in [5.41, 5.74) is 3.64. The molecule has 0 atom stereocenters. The molecule has 0 aromatic heterocycles. The van der Waals surface area contributed by atoms with E-state index in [9.17, 15) is 9.59 Å². The van der Waals surface area contributed by atoms with E-state index in [1.807, 2.05) is 32.0 Å². The lowest BCUT2D eigenvalue weighted by atomic mass is 10.1. The minimum Gasteiger partial charge on any atom is -0.490 e. The number of carbonyl (C=O) groups excluding carboxylic acids is 2. The van der Waals surface area contributed by atoms with Crippen molar-refractivity contribution in [2.45, 2.75) is 27.7 Å². The molecule has 0 unspecified atom stereocenters. The molecule has 0 spiro atoms. The largest absolute Gasteiger partial charge is 0.490 e. The fourth-order valence-corrected chi connectivity index (χ4v) is 3.00. The fourth-order valence-electron chi connectivity index (χ4n) is 2.74. The number of rotatable bonds is 5. The van der Waals surface area contributed by atoms with Crippen LogP contribution in [0.4, 0.5) is 0 Å². The molecule has 2 aromatic rings. The monoisotopic (exact) mass is 413 g/mol. The average Bonchev–Trinajstić information content (AvgIpc) is 3.01. The van der Waals surface area contributed by atoms with Gasteiger partial charge in [-0.1, -0.05) is 17.7 Å². The molecule has 0 amide bonds. The molecule has 0 saturated carbocycles. The van der Waals surface area contributed by atoms with Gasteiger partial charge in [-0.05, 0) is 67.8 Å². The zero-order valence-electron chi connectivity index (χ0n) is 16.5. The lowest BCUT2D eigenvalue weighted by Crippen LogP contribution is -2.06. The molecule has 29 heavy (non-hydrogen) atoms. The lowest BCUT2D eigenvalue weighted by Gasteiger charge is -2.12. The smallest absolute Gasteiger partial charge is 0.363 e. The summed E-state index contributed by atoms with van der Waals surface area (Å²) in [6, 6.07) is 8.91. The summed E-state index contributed by atoms with van der Waals surface area (Å²) in [5, 5.41) is 0.183. The molecule has 2 aromatic carbocycles. The molecule has 6 nitrogen and oxygen atoms in total. The van der Waals surface area contributed by atoms with Crippen molar-refractivity contribution in [3.05, 3.63) is 63.3 Å². The second-order valence-corrected chi connectivity index (χ2v) is 6.90. The van der Waals surface area contributed by atoms with Gasteiger partial charge in [0.25, 0.3) is 0 Å². The van der Waals surface area contributed by atoms with Crippen LogP contribution in [0.25, 0.3) is 6.08 Å². The molecule has 0 fully saturated rings. The van der Waals surface area contributed by atoms with Crippen LogP contribution < -0.4 is 9.47 Å². The third-order valence-corrected chi connectivity index (χ3v) is 4.54. The first-order valence-corrected chi connectivity index (χ1v) is 9.41. The Morgan fingerprint density at radius 1 is 1.21 bits per heavy atom. The first-order valence-electron chi connectivity index (χ1n) is 9.03. The third-order valence-electron chi connectivity index (χ3n) is 4.26. The number of nitrogens with zero attached hydrogens (tertiary/aromatic N) is 1. The summed E-state index contributed by atoms with van der Waals surface area (Å²) in [7, 11) is 0. The Morgan fingerprint density at radius 3 is 2.62 bits per heavy atom. The zero-order valence-corrected chi connectivity index (χ0v) is 17.3. The van der Waals surface area contributed by atoms with E-state index in [0.29, 0.717) is 17.9 Å². The number of aliphatic imine (C=N–C) groups is 1. The zero-order chi connectivity index (χ0) is 21.1. The number of benzene rings is 2. The lowest BCUT2D eigenvalue weighted by molar-refractivity contribution is -0.132. The Labute approximate surface area is 173 Å². The topological polar surface area (TPSA) is 74.2 Å². The summed E-state index contributed by atoms with van der Waals surface area (Å²) in [6.07, 6.45) is 1.54. The van der Waals surface area contributed by atoms with E-state index in [1.54, 1.807) is 25.1 Å². The highest BCUT2D eigenvalue weighted by Gasteiger charge is 2.25. The molecule has 7 heteroatoms. The minimum absolute atomic E-state index is 0.136. The minimum atomic E-state index is -0.559. The van der Waals surface area contributed by atoms with Crippen LogP contribution in [0.5, 0.6) is 11.5 Å². The predicted molar refractivity (Wildman–Crippen MR) is 110 cm³/mol. The molecule has 1 aliphatic rings. The Morgan fingerprint density at radius 2 is 1.97 bits per heavy atom. The van der Waals surface area contributed by atoms with E-state index in [1.165, 1.54) is 6.92 Å². The van der Waals surface area contributed by atoms with Crippen LogP contribution in [0.1, 0.15) is 36.1 Å². The Bertz CT molecular complexity index is 1060. The van der Waals surface area contributed by atoms with Gasteiger partial charge in [0.2, 0.25) is 5.90 Å². The van der Waals surface area contributed by atoms with Gasteiger partial charge in [-0.25, -0.2) is 9.79 Å². The van der Waals surface area contributed by atoms with E-state index in [2.05, 4.69) is 4.99 Å². The number of aryl methyl sites for hydroxylation is 2. The van der Waals surface area contributed by atoms with Crippen LogP contribution in [0.15, 0.2) is 41.0 Å². The van der Waals surface area contributed by atoms with Crippen LogP contribution >= 0.6 is 11.6 Å². The summed E-state index contributed by atoms with van der Waals surface area (Å²) < 4.78 is 16.0. The second kappa shape index (κ2) is 8.49. The van der Waals surface area contributed by atoms with Crippen molar-refractivity contribution >= 4 is 35.5 Å². The number of ether oxygens (including phenoxy) is 3. The molecule has 3 rings (SSSR count). The van der Waals surface area contributed by atoms with Crippen LogP contribution in [0.2, 0.25) is 5.02 Å². The second-order valence-electron chi connectivity index (χ2n) is 6.49. The van der Waals surface area contributed by atoms with Crippen molar-refractivity contribution in [2.24, 2.45) is 4.99 Å². The van der Waals surface area contributed by atoms with Crippen molar-refractivity contribution in [2.75, 3.05) is 6.61 Å². The Hall–Kier alpha value is -3.12. The maximum atomic E-state index is 12.3. The number of halogens is 1. The van der Waals surface area contributed by atoms with E-state index in [4.69, 9.17) is 25.8 Å². The first kappa shape index (κ1) is 20.6. The maximum absolute atomic E-state index is 12.3. The van der Waals surface area contributed by atoms with E-state index in [0.717, 1.165) is 16.7 Å². The quantitative estimate of drug-likeness (QED) is 0.406. The molecular formula is C22H20ClNO5. The van der Waals surface area contributed by atoms with Gasteiger partial charge in [-0.3, -0.25) is 4.79 Å². The third kappa shape index (κ3) is 4.66. The standard InChI is InChI=1S/C22H20ClNO5/c1-5-27-19-11-15(9-17(23)20(19)28-14(4)25)10-18-22(26)29-21(24-18)16-7-6-12(2)13(3)8-16/h6-11H,5H2,1-4H3/b18-10-. The van der Waals surface area contributed by atoms with E-state index >= 15 is 0 Å². The fraction of sp³-hybridized carbons (Fsp3) is 0.227. The van der Waals surface area contributed by atoms with Crippen molar-refractivity contribution in [1.82, 2.24) is 0 Å². The van der Waals surface area contributed by atoms with Gasteiger partial charge >= 0.3 is 11.9 Å².